The van der Waals surface area contributed by atoms with Gasteiger partial charge in [0.1, 0.15) is 16.9 Å². The molecule has 0 spiro atoms. The van der Waals surface area contributed by atoms with E-state index < -0.39 is 35.6 Å². The number of ketones is 1. The van der Waals surface area contributed by atoms with Gasteiger partial charge >= 0.3 is 5.97 Å². The fourth-order valence-corrected chi connectivity index (χ4v) is 6.29. The van der Waals surface area contributed by atoms with Gasteiger partial charge in [-0.25, -0.2) is 4.98 Å². The Morgan fingerprint density at radius 3 is 2.59 bits per heavy atom. The first-order chi connectivity index (χ1) is 17.4. The lowest BCUT2D eigenvalue weighted by Gasteiger charge is -2.34. The number of aromatic nitrogens is 1. The molecule has 204 valence electrons. The van der Waals surface area contributed by atoms with Gasteiger partial charge in [0.15, 0.2) is 0 Å². The van der Waals surface area contributed by atoms with Crippen molar-refractivity contribution >= 4 is 33.3 Å². The third-order valence-corrected chi connectivity index (χ3v) is 9.39. The van der Waals surface area contributed by atoms with Crippen molar-refractivity contribution in [3.05, 3.63) is 28.8 Å². The molecule has 4 rings (SSSR count). The minimum absolute atomic E-state index is 0.0908. The van der Waals surface area contributed by atoms with Crippen molar-refractivity contribution in [2.45, 2.75) is 103 Å². The number of thiazole rings is 1. The Balaban J connectivity index is 1.62. The number of aliphatic hydroxyl groups excluding tert-OH is 3. The van der Waals surface area contributed by atoms with Crippen molar-refractivity contribution in [1.29, 1.82) is 0 Å². The Kier molecular flexibility index (Phi) is 8.12. The Hall–Kier alpha value is -1.91. The summed E-state index contributed by atoms with van der Waals surface area (Å²) in [6.07, 6.45) is -0.312. The van der Waals surface area contributed by atoms with Crippen molar-refractivity contribution in [2.24, 2.45) is 17.3 Å². The maximum absolute atomic E-state index is 13.3. The molecule has 0 aliphatic carbocycles. The molecule has 0 radical (unpaired) electrons. The molecule has 0 amide bonds. The number of benzene rings is 1. The second-order valence-corrected chi connectivity index (χ2v) is 12.7. The van der Waals surface area contributed by atoms with Crippen LogP contribution in [0.4, 0.5) is 0 Å². The molecule has 7 atom stereocenters. The molecule has 2 saturated heterocycles. The molecular weight excluding hydrogens is 494 g/mol. The van der Waals surface area contributed by atoms with Crippen LogP contribution in [-0.4, -0.2) is 56.0 Å². The number of hydrogen-bond acceptors (Lipinski definition) is 9. The zero-order valence-corrected chi connectivity index (χ0v) is 23.1. The van der Waals surface area contributed by atoms with Gasteiger partial charge in [0.2, 0.25) is 0 Å². The van der Waals surface area contributed by atoms with E-state index in [2.05, 4.69) is 11.9 Å². The molecule has 37 heavy (non-hydrogen) atoms. The fourth-order valence-electron chi connectivity index (χ4n) is 5.48. The molecule has 8 nitrogen and oxygen atoms in total. The van der Waals surface area contributed by atoms with Crippen molar-refractivity contribution in [2.75, 3.05) is 0 Å². The third-order valence-electron chi connectivity index (χ3n) is 8.37. The Morgan fingerprint density at radius 1 is 1.16 bits per heavy atom. The van der Waals surface area contributed by atoms with Crippen molar-refractivity contribution < 1.29 is 34.4 Å². The average molecular weight is 534 g/mol. The van der Waals surface area contributed by atoms with Gasteiger partial charge in [-0.15, -0.1) is 11.3 Å². The Labute approximate surface area is 222 Å². The van der Waals surface area contributed by atoms with E-state index in [1.54, 1.807) is 20.8 Å². The quantitative estimate of drug-likeness (QED) is 0.389. The number of aliphatic hydroxyl groups is 3. The normalized spacial score (nSPS) is 35.7. The lowest BCUT2D eigenvalue weighted by molar-refractivity contribution is -0.156. The van der Waals surface area contributed by atoms with Crippen molar-refractivity contribution in [3.8, 4) is 0 Å². The number of fused-ring (bicyclic) bond motifs is 2. The lowest BCUT2D eigenvalue weighted by Crippen LogP contribution is -2.45. The average Bonchev–Trinajstić information content (AvgIpc) is 3.29. The van der Waals surface area contributed by atoms with Crippen molar-refractivity contribution in [3.63, 3.8) is 0 Å². The molecule has 0 saturated carbocycles. The Bertz CT molecular complexity index is 1150. The third kappa shape index (κ3) is 5.91. The maximum atomic E-state index is 13.3. The minimum atomic E-state index is -1.26. The molecule has 2 aliphatic rings. The number of cyclic esters (lactones) is 1. The van der Waals surface area contributed by atoms with Crippen LogP contribution >= 0.6 is 11.3 Å². The Morgan fingerprint density at radius 2 is 1.89 bits per heavy atom. The van der Waals surface area contributed by atoms with E-state index in [4.69, 9.17) is 9.47 Å². The van der Waals surface area contributed by atoms with E-state index in [9.17, 15) is 24.9 Å². The first kappa shape index (κ1) is 28.1. The number of carbonyl (C=O) groups is 2. The molecule has 3 heterocycles. The van der Waals surface area contributed by atoms with Crippen LogP contribution in [0.1, 0.15) is 83.4 Å². The van der Waals surface area contributed by atoms with Gasteiger partial charge < -0.3 is 24.8 Å². The van der Waals surface area contributed by atoms with E-state index in [1.165, 1.54) is 11.3 Å². The standard InChI is InChI=1S/C28H39NO7S/c1-15-7-6-10-28(5)22(36-28)12-19(17-8-9-20-18(11-17)29-23(14-30)37-20)35-24(32)13-21(31)27(3,4)26(34)16(2)25(15)33/h8-9,11,15-16,19,21-22,25,30-31,33H,6-7,10,12-14H2,1-5H3. The summed E-state index contributed by atoms with van der Waals surface area (Å²) in [5.74, 6) is -1.65. The highest BCUT2D eigenvalue weighted by molar-refractivity contribution is 7.18. The summed E-state index contributed by atoms with van der Waals surface area (Å²) in [5.41, 5.74) is -0.0823. The predicted molar refractivity (Wildman–Crippen MR) is 140 cm³/mol. The van der Waals surface area contributed by atoms with Gasteiger partial charge in [-0.1, -0.05) is 40.2 Å². The first-order valence-electron chi connectivity index (χ1n) is 13.1. The highest BCUT2D eigenvalue weighted by atomic mass is 32.1. The monoisotopic (exact) mass is 533 g/mol. The van der Waals surface area contributed by atoms with E-state index in [0.29, 0.717) is 11.4 Å². The van der Waals surface area contributed by atoms with Gasteiger partial charge in [0.25, 0.3) is 0 Å². The molecule has 7 unspecified atom stereocenters. The summed E-state index contributed by atoms with van der Waals surface area (Å²) in [7, 11) is 0. The molecule has 0 bridgehead atoms. The van der Waals surface area contributed by atoms with E-state index in [1.807, 2.05) is 25.1 Å². The summed E-state index contributed by atoms with van der Waals surface area (Å²) < 4.78 is 12.9. The topological polar surface area (TPSA) is 129 Å². The SMILES string of the molecule is CC1CCCC2(C)OC2CC(c2ccc3sc(CO)nc3c2)OC(=O)CC(O)C(C)(C)C(=O)C(C)C1O. The highest BCUT2D eigenvalue weighted by Crippen LogP contribution is 2.47. The smallest absolute Gasteiger partial charge is 0.309 e. The summed E-state index contributed by atoms with van der Waals surface area (Å²) in [6, 6.07) is 5.67. The number of epoxide rings is 1. The minimum Gasteiger partial charge on any atom is -0.457 e. The van der Waals surface area contributed by atoms with Gasteiger partial charge in [-0.05, 0) is 43.4 Å². The maximum Gasteiger partial charge on any atom is 0.309 e. The molecule has 9 heteroatoms. The van der Waals surface area contributed by atoms with Gasteiger partial charge in [0.05, 0.1) is 52.6 Å². The predicted octanol–water partition coefficient (Wildman–Crippen LogP) is 4.08. The van der Waals surface area contributed by atoms with Gasteiger partial charge in [0, 0.05) is 12.3 Å². The summed E-state index contributed by atoms with van der Waals surface area (Å²) in [5, 5.41) is 31.8. The lowest BCUT2D eigenvalue weighted by atomic mass is 9.73. The van der Waals surface area contributed by atoms with Gasteiger partial charge in [-0.2, -0.15) is 0 Å². The molecule has 2 aliphatic heterocycles. The number of Topliss-reactive ketones (excluding diaryl/α,β-unsaturated/α-hetero) is 1. The van der Waals surface area contributed by atoms with Crippen LogP contribution in [-0.2, 0) is 25.7 Å². The number of esters is 1. The molecule has 3 N–H and O–H groups in total. The molecule has 1 aromatic carbocycles. The van der Waals surface area contributed by atoms with Crippen LogP contribution in [0.2, 0.25) is 0 Å². The van der Waals surface area contributed by atoms with Crippen LogP contribution in [0.5, 0.6) is 0 Å². The fraction of sp³-hybridized carbons (Fsp3) is 0.679. The van der Waals surface area contributed by atoms with E-state index in [0.717, 1.165) is 35.0 Å². The largest absolute Gasteiger partial charge is 0.457 e. The summed E-state index contributed by atoms with van der Waals surface area (Å²) in [4.78, 5) is 30.8. The van der Waals surface area contributed by atoms with Crippen LogP contribution in [0, 0.1) is 17.3 Å². The highest BCUT2D eigenvalue weighted by Gasteiger charge is 2.53. The number of rotatable bonds is 2. The molecular formula is C28H39NO7S. The number of hydrogen-bond donors (Lipinski definition) is 3. The second kappa shape index (κ2) is 10.7. The zero-order chi connectivity index (χ0) is 27.1. The molecule has 2 aromatic rings. The number of ether oxygens (including phenoxy) is 2. The van der Waals surface area contributed by atoms with Gasteiger partial charge in [-0.3, -0.25) is 9.59 Å². The van der Waals surface area contributed by atoms with Crippen LogP contribution < -0.4 is 0 Å². The zero-order valence-electron chi connectivity index (χ0n) is 22.3. The van der Waals surface area contributed by atoms with Crippen LogP contribution in [0.3, 0.4) is 0 Å². The van der Waals surface area contributed by atoms with Crippen molar-refractivity contribution in [1.82, 2.24) is 4.98 Å². The first-order valence-corrected chi connectivity index (χ1v) is 14.0. The molecule has 2 fully saturated rings. The van der Waals surface area contributed by atoms with E-state index >= 15 is 0 Å². The molecule has 1 aromatic heterocycles. The van der Waals surface area contributed by atoms with Crippen LogP contribution in [0.15, 0.2) is 18.2 Å². The van der Waals surface area contributed by atoms with Crippen LogP contribution in [0.25, 0.3) is 10.2 Å². The second-order valence-electron chi connectivity index (χ2n) is 11.6. The number of carbonyl (C=O) groups excluding carboxylic acids is 2. The summed E-state index contributed by atoms with van der Waals surface area (Å²) >= 11 is 1.41. The summed E-state index contributed by atoms with van der Waals surface area (Å²) in [6.45, 7) is 8.77. The number of nitrogens with zero attached hydrogens (tertiary/aromatic N) is 1. The van der Waals surface area contributed by atoms with E-state index in [-0.39, 0.29) is 36.4 Å².